The van der Waals surface area contributed by atoms with E-state index in [4.69, 9.17) is 5.73 Å². The Balaban J connectivity index is 3.82. The van der Waals surface area contributed by atoms with Gasteiger partial charge in [0, 0.05) is 19.5 Å². The van der Waals surface area contributed by atoms with Crippen molar-refractivity contribution in [3.8, 4) is 0 Å². The predicted molar refractivity (Wildman–Crippen MR) is 38.0 cm³/mol. The summed E-state index contributed by atoms with van der Waals surface area (Å²) in [7, 11) is 3.01. The van der Waals surface area contributed by atoms with Crippen LogP contribution in [0.1, 0.15) is 6.92 Å². The second kappa shape index (κ2) is 4.24. The van der Waals surface area contributed by atoms with Crippen LogP contribution in [0.5, 0.6) is 0 Å². The summed E-state index contributed by atoms with van der Waals surface area (Å²) >= 11 is 0. The van der Waals surface area contributed by atoms with E-state index in [-0.39, 0.29) is 11.8 Å². The molecule has 1 unspecified atom stereocenters. The number of carbonyl (C=O) groups excluding carboxylic acids is 1. The first-order chi connectivity index (χ1) is 4.63. The molecule has 4 nitrogen and oxygen atoms in total. The highest BCUT2D eigenvalue weighted by molar-refractivity contribution is 5.77. The lowest BCUT2D eigenvalue weighted by atomic mass is 10.2. The molecule has 0 fully saturated rings. The van der Waals surface area contributed by atoms with E-state index in [1.54, 1.807) is 14.0 Å². The van der Waals surface area contributed by atoms with E-state index >= 15 is 0 Å². The molecule has 1 atom stereocenters. The van der Waals surface area contributed by atoms with Gasteiger partial charge < -0.3 is 5.73 Å². The summed E-state index contributed by atoms with van der Waals surface area (Å²) in [4.78, 5) is 15.7. The molecule has 0 rings (SSSR count). The fourth-order valence-corrected chi connectivity index (χ4v) is 0.501. The topological polar surface area (TPSA) is 55.6 Å². The van der Waals surface area contributed by atoms with Crippen LogP contribution < -0.4 is 5.73 Å². The van der Waals surface area contributed by atoms with Crippen LogP contribution in [0.2, 0.25) is 0 Å². The van der Waals surface area contributed by atoms with Gasteiger partial charge in [-0.2, -0.15) is 0 Å². The van der Waals surface area contributed by atoms with Gasteiger partial charge in [-0.15, -0.1) is 0 Å². The van der Waals surface area contributed by atoms with Gasteiger partial charge >= 0.3 is 0 Å². The second-order valence-electron chi connectivity index (χ2n) is 2.16. The van der Waals surface area contributed by atoms with Crippen molar-refractivity contribution in [3.05, 3.63) is 0 Å². The molecule has 1 amide bonds. The van der Waals surface area contributed by atoms with Gasteiger partial charge in [0.1, 0.15) is 0 Å². The van der Waals surface area contributed by atoms with Gasteiger partial charge in [0.15, 0.2) is 0 Å². The minimum atomic E-state index is -0.162. The lowest BCUT2D eigenvalue weighted by Crippen LogP contribution is -2.34. The van der Waals surface area contributed by atoms with Gasteiger partial charge in [-0.1, -0.05) is 6.92 Å². The fourth-order valence-electron chi connectivity index (χ4n) is 0.501. The third kappa shape index (κ3) is 2.33. The maximum absolute atomic E-state index is 11.0. The number of rotatable bonds is 3. The summed E-state index contributed by atoms with van der Waals surface area (Å²) in [6.45, 7) is 2.12. The van der Waals surface area contributed by atoms with Crippen molar-refractivity contribution in [1.82, 2.24) is 5.06 Å². The van der Waals surface area contributed by atoms with Crippen LogP contribution in [0.4, 0.5) is 0 Å². The summed E-state index contributed by atoms with van der Waals surface area (Å²) in [6, 6.07) is 0. The van der Waals surface area contributed by atoms with Crippen molar-refractivity contribution in [2.75, 3.05) is 20.7 Å². The van der Waals surface area contributed by atoms with Crippen molar-refractivity contribution in [3.63, 3.8) is 0 Å². The molecule has 0 spiro atoms. The number of hydroxylamine groups is 2. The molecule has 2 N–H and O–H groups in total. The Morgan fingerprint density at radius 3 is 2.60 bits per heavy atom. The van der Waals surface area contributed by atoms with E-state index in [1.807, 2.05) is 0 Å². The van der Waals surface area contributed by atoms with Gasteiger partial charge in [0.2, 0.25) is 5.91 Å². The number of amides is 1. The van der Waals surface area contributed by atoms with E-state index in [1.165, 1.54) is 12.2 Å². The molecule has 0 saturated heterocycles. The summed E-state index contributed by atoms with van der Waals surface area (Å²) in [5.41, 5.74) is 5.26. The quantitative estimate of drug-likeness (QED) is 0.551. The monoisotopic (exact) mass is 146 g/mol. The Morgan fingerprint density at radius 2 is 2.30 bits per heavy atom. The summed E-state index contributed by atoms with van der Waals surface area (Å²) < 4.78 is 0. The van der Waals surface area contributed by atoms with Crippen molar-refractivity contribution in [2.45, 2.75) is 6.92 Å². The summed E-state index contributed by atoms with van der Waals surface area (Å²) in [5.74, 6) is -0.255. The van der Waals surface area contributed by atoms with Crippen molar-refractivity contribution in [1.29, 1.82) is 0 Å². The molecular formula is C6H14N2O2. The highest BCUT2D eigenvalue weighted by atomic mass is 16.7. The Labute approximate surface area is 60.9 Å². The molecule has 0 heterocycles. The van der Waals surface area contributed by atoms with Crippen LogP contribution in [-0.4, -0.2) is 31.7 Å². The molecule has 10 heavy (non-hydrogen) atoms. The lowest BCUT2D eigenvalue weighted by molar-refractivity contribution is -0.172. The van der Waals surface area contributed by atoms with Gasteiger partial charge in [0.05, 0.1) is 7.11 Å². The molecule has 0 aromatic rings. The van der Waals surface area contributed by atoms with E-state index in [0.29, 0.717) is 6.54 Å². The Hall–Kier alpha value is -0.610. The number of carbonyl (C=O) groups is 1. The van der Waals surface area contributed by atoms with E-state index < -0.39 is 0 Å². The van der Waals surface area contributed by atoms with E-state index in [2.05, 4.69) is 4.84 Å². The average molecular weight is 146 g/mol. The molecular weight excluding hydrogens is 132 g/mol. The van der Waals surface area contributed by atoms with Crippen LogP contribution in [0, 0.1) is 5.92 Å². The number of nitrogens with two attached hydrogens (primary N) is 1. The zero-order valence-electron chi connectivity index (χ0n) is 6.63. The Kier molecular flexibility index (Phi) is 3.99. The van der Waals surface area contributed by atoms with Crippen molar-refractivity contribution < 1.29 is 9.63 Å². The Morgan fingerprint density at radius 1 is 1.80 bits per heavy atom. The van der Waals surface area contributed by atoms with Crippen LogP contribution >= 0.6 is 0 Å². The maximum Gasteiger partial charge on any atom is 0.249 e. The maximum atomic E-state index is 11.0. The van der Waals surface area contributed by atoms with E-state index in [0.717, 1.165) is 0 Å². The van der Waals surface area contributed by atoms with Gasteiger partial charge in [-0.3, -0.25) is 9.63 Å². The smallest absolute Gasteiger partial charge is 0.249 e. The lowest BCUT2D eigenvalue weighted by Gasteiger charge is -2.16. The van der Waals surface area contributed by atoms with Crippen LogP contribution in [0.15, 0.2) is 0 Å². The third-order valence-corrected chi connectivity index (χ3v) is 1.36. The van der Waals surface area contributed by atoms with Gasteiger partial charge in [-0.05, 0) is 0 Å². The zero-order chi connectivity index (χ0) is 8.15. The SMILES string of the molecule is CON(C)C(=O)C(C)CN. The molecule has 0 bridgehead atoms. The molecule has 0 aliphatic heterocycles. The number of hydrogen-bond acceptors (Lipinski definition) is 3. The third-order valence-electron chi connectivity index (χ3n) is 1.36. The van der Waals surface area contributed by atoms with Gasteiger partial charge in [-0.25, -0.2) is 5.06 Å². The van der Waals surface area contributed by atoms with E-state index in [9.17, 15) is 4.79 Å². The van der Waals surface area contributed by atoms with Crippen LogP contribution in [0.25, 0.3) is 0 Å². The predicted octanol–water partition coefficient (Wildman–Crippen LogP) is -0.399. The molecule has 0 aliphatic rings. The first-order valence-electron chi connectivity index (χ1n) is 3.15. The molecule has 0 aromatic heterocycles. The van der Waals surface area contributed by atoms with Crippen LogP contribution in [-0.2, 0) is 9.63 Å². The minimum Gasteiger partial charge on any atom is -0.330 e. The number of nitrogens with zero attached hydrogens (tertiary/aromatic N) is 1. The molecule has 0 radical (unpaired) electrons. The first kappa shape index (κ1) is 9.39. The largest absolute Gasteiger partial charge is 0.330 e. The standard InChI is InChI=1S/C6H14N2O2/c1-5(4-7)6(9)8(2)10-3/h5H,4,7H2,1-3H3. The normalized spacial score (nSPS) is 12.8. The minimum absolute atomic E-state index is 0.0926. The molecule has 0 saturated carbocycles. The molecule has 60 valence electrons. The summed E-state index contributed by atoms with van der Waals surface area (Å²) in [5, 5.41) is 1.18. The average Bonchev–Trinajstić information content (AvgIpc) is 2.00. The first-order valence-corrected chi connectivity index (χ1v) is 3.15. The van der Waals surface area contributed by atoms with Gasteiger partial charge in [0.25, 0.3) is 0 Å². The summed E-state index contributed by atoms with van der Waals surface area (Å²) in [6.07, 6.45) is 0. The van der Waals surface area contributed by atoms with Crippen molar-refractivity contribution in [2.24, 2.45) is 11.7 Å². The zero-order valence-corrected chi connectivity index (χ0v) is 6.63. The highest BCUT2D eigenvalue weighted by Gasteiger charge is 2.14. The van der Waals surface area contributed by atoms with Crippen molar-refractivity contribution >= 4 is 5.91 Å². The number of hydrogen-bond donors (Lipinski definition) is 1. The second-order valence-corrected chi connectivity index (χ2v) is 2.16. The highest BCUT2D eigenvalue weighted by Crippen LogP contribution is 1.97. The fraction of sp³-hybridized carbons (Fsp3) is 0.833. The molecule has 0 aromatic carbocycles. The Bertz CT molecular complexity index is 104. The van der Waals surface area contributed by atoms with Crippen LogP contribution in [0.3, 0.4) is 0 Å². The molecule has 0 aliphatic carbocycles. The molecule has 4 heteroatoms.